The zero-order chi connectivity index (χ0) is 23.7. The van der Waals surface area contributed by atoms with Gasteiger partial charge < -0.3 is 30.6 Å². The molecule has 0 radical (unpaired) electrons. The van der Waals surface area contributed by atoms with Gasteiger partial charge in [0.1, 0.15) is 0 Å². The van der Waals surface area contributed by atoms with Gasteiger partial charge in [0.2, 0.25) is 46.7 Å². The molecular formula is C18H23F5N6O3. The number of nitrogens with two attached hydrogens (primary N) is 1. The number of hydrogen-bond acceptors (Lipinski definition) is 9. The van der Waals surface area contributed by atoms with Crippen molar-refractivity contribution < 1.29 is 36.2 Å². The summed E-state index contributed by atoms with van der Waals surface area (Å²) in [5.74, 6) is -12.6. The van der Waals surface area contributed by atoms with Gasteiger partial charge in [-0.1, -0.05) is 0 Å². The maximum absolute atomic E-state index is 13.9. The topological polar surface area (TPSA) is 116 Å². The Morgan fingerprint density at radius 2 is 1.34 bits per heavy atom. The average molecular weight is 466 g/mol. The smallest absolute Gasteiger partial charge is 0.328 e. The van der Waals surface area contributed by atoms with Crippen LogP contribution in [0.5, 0.6) is 11.8 Å². The lowest BCUT2D eigenvalue weighted by atomic mass is 10.2. The highest BCUT2D eigenvalue weighted by atomic mass is 19.2. The Labute approximate surface area is 180 Å². The lowest BCUT2D eigenvalue weighted by molar-refractivity contribution is 0.0547. The molecule has 0 bridgehead atoms. The molecule has 178 valence electrons. The number of aromatic nitrogens is 3. The first-order chi connectivity index (χ1) is 15.2. The summed E-state index contributed by atoms with van der Waals surface area (Å²) in [6, 6.07) is -0.839. The fourth-order valence-corrected chi connectivity index (χ4v) is 2.21. The van der Waals surface area contributed by atoms with Crippen molar-refractivity contribution in [2.24, 2.45) is 5.73 Å². The van der Waals surface area contributed by atoms with Crippen molar-refractivity contribution in [2.45, 2.75) is 19.9 Å². The van der Waals surface area contributed by atoms with E-state index in [4.69, 9.17) is 19.9 Å². The molecule has 2 aromatic rings. The third-order valence-corrected chi connectivity index (χ3v) is 3.56. The van der Waals surface area contributed by atoms with Gasteiger partial charge >= 0.3 is 6.01 Å². The molecule has 1 aromatic heterocycles. The minimum Gasteiger partial charge on any atom is -0.418 e. The molecule has 2 rings (SSSR count). The molecule has 0 atom stereocenters. The molecule has 0 fully saturated rings. The first-order valence-corrected chi connectivity index (χ1v) is 9.55. The highest BCUT2D eigenvalue weighted by molar-refractivity contribution is 5.38. The standard InChI is InChI=1S/C18H23F5N6O3/c1-9(2)26-17-27-16(25-4-6-31-8-7-30-5-3-24)28-18(29-17)32-15-13(22)11(20)10(19)12(21)14(15)23/h9H,3-8,24H2,1-2H3,(H2,25,26,27,28,29). The number of rotatable bonds is 13. The van der Waals surface area contributed by atoms with Crippen molar-refractivity contribution in [3.63, 3.8) is 0 Å². The van der Waals surface area contributed by atoms with Crippen molar-refractivity contribution in [3.8, 4) is 11.8 Å². The lowest BCUT2D eigenvalue weighted by Crippen LogP contribution is -2.18. The van der Waals surface area contributed by atoms with Crippen molar-refractivity contribution >= 4 is 11.9 Å². The van der Waals surface area contributed by atoms with Gasteiger partial charge in [-0.15, -0.1) is 0 Å². The summed E-state index contributed by atoms with van der Waals surface area (Å²) in [5.41, 5.74) is 5.29. The van der Waals surface area contributed by atoms with Crippen LogP contribution in [0, 0.1) is 29.1 Å². The summed E-state index contributed by atoms with van der Waals surface area (Å²) in [7, 11) is 0. The van der Waals surface area contributed by atoms with E-state index >= 15 is 0 Å². The number of nitrogens with zero attached hydrogens (tertiary/aromatic N) is 3. The monoisotopic (exact) mass is 466 g/mol. The molecule has 9 nitrogen and oxygen atoms in total. The van der Waals surface area contributed by atoms with Gasteiger partial charge in [0.25, 0.3) is 0 Å². The van der Waals surface area contributed by atoms with E-state index < -0.39 is 40.8 Å². The van der Waals surface area contributed by atoms with Crippen molar-refractivity contribution in [1.82, 2.24) is 15.0 Å². The maximum Gasteiger partial charge on any atom is 0.328 e. The molecule has 14 heteroatoms. The Balaban J connectivity index is 2.13. The second-order valence-electron chi connectivity index (χ2n) is 6.51. The Morgan fingerprint density at radius 1 is 0.781 bits per heavy atom. The second-order valence-corrected chi connectivity index (χ2v) is 6.51. The van der Waals surface area contributed by atoms with E-state index in [0.29, 0.717) is 26.4 Å². The minimum absolute atomic E-state index is 0.0486. The van der Waals surface area contributed by atoms with Crippen LogP contribution in [-0.4, -0.2) is 60.5 Å². The summed E-state index contributed by atoms with van der Waals surface area (Å²) < 4.78 is 83.2. The highest BCUT2D eigenvalue weighted by Gasteiger charge is 2.28. The van der Waals surface area contributed by atoms with Gasteiger partial charge in [-0.05, 0) is 13.8 Å². The average Bonchev–Trinajstić information content (AvgIpc) is 2.75. The summed E-state index contributed by atoms with van der Waals surface area (Å²) in [6.45, 7) is 5.51. The quantitative estimate of drug-likeness (QED) is 0.177. The van der Waals surface area contributed by atoms with Gasteiger partial charge in [-0.3, -0.25) is 0 Å². The van der Waals surface area contributed by atoms with Crippen LogP contribution in [0.2, 0.25) is 0 Å². The normalized spacial score (nSPS) is 11.2. The molecule has 0 aliphatic carbocycles. The molecule has 0 amide bonds. The third-order valence-electron chi connectivity index (χ3n) is 3.56. The Morgan fingerprint density at radius 3 is 1.94 bits per heavy atom. The maximum atomic E-state index is 13.9. The SMILES string of the molecule is CC(C)Nc1nc(NCCOCCOCCN)nc(Oc2c(F)c(F)c(F)c(F)c2F)n1. The highest BCUT2D eigenvalue weighted by Crippen LogP contribution is 2.32. The molecule has 0 saturated carbocycles. The van der Waals surface area contributed by atoms with E-state index in [-0.39, 0.29) is 31.1 Å². The Kier molecular flexibility index (Phi) is 9.74. The summed E-state index contributed by atoms with van der Waals surface area (Å²) in [6.07, 6.45) is 0. The van der Waals surface area contributed by atoms with Crippen LogP contribution in [0.4, 0.5) is 33.8 Å². The largest absolute Gasteiger partial charge is 0.418 e. The molecule has 32 heavy (non-hydrogen) atoms. The first kappa shape index (κ1) is 25.4. The number of halogens is 5. The molecule has 4 N–H and O–H groups in total. The van der Waals surface area contributed by atoms with Crippen molar-refractivity contribution in [3.05, 3.63) is 29.1 Å². The summed E-state index contributed by atoms with van der Waals surface area (Å²) >= 11 is 0. The fraction of sp³-hybridized carbons (Fsp3) is 0.500. The minimum atomic E-state index is -2.30. The first-order valence-electron chi connectivity index (χ1n) is 9.55. The summed E-state index contributed by atoms with van der Waals surface area (Å²) in [4.78, 5) is 11.6. The van der Waals surface area contributed by atoms with E-state index in [9.17, 15) is 22.0 Å². The van der Waals surface area contributed by atoms with Gasteiger partial charge in [0.05, 0.1) is 26.4 Å². The third kappa shape index (κ3) is 7.10. The Hall–Kier alpha value is -2.84. The van der Waals surface area contributed by atoms with Crippen LogP contribution >= 0.6 is 0 Å². The molecule has 0 spiro atoms. The lowest BCUT2D eigenvalue weighted by Gasteiger charge is -2.13. The predicted molar refractivity (Wildman–Crippen MR) is 104 cm³/mol. The van der Waals surface area contributed by atoms with E-state index in [0.717, 1.165) is 0 Å². The number of anilines is 2. The molecular weight excluding hydrogens is 443 g/mol. The molecule has 0 aliphatic heterocycles. The van der Waals surface area contributed by atoms with Crippen LogP contribution in [0.1, 0.15) is 13.8 Å². The number of nitrogens with one attached hydrogen (secondary N) is 2. The van der Waals surface area contributed by atoms with E-state index in [1.165, 1.54) is 0 Å². The van der Waals surface area contributed by atoms with Crippen molar-refractivity contribution in [2.75, 3.05) is 50.2 Å². The van der Waals surface area contributed by atoms with Gasteiger partial charge in [-0.2, -0.15) is 23.7 Å². The van der Waals surface area contributed by atoms with E-state index in [2.05, 4.69) is 25.6 Å². The van der Waals surface area contributed by atoms with Gasteiger partial charge in [0, 0.05) is 19.1 Å². The van der Waals surface area contributed by atoms with Gasteiger partial charge in [0.15, 0.2) is 0 Å². The molecule has 0 aliphatic rings. The van der Waals surface area contributed by atoms with E-state index in [1.807, 2.05) is 0 Å². The second kappa shape index (κ2) is 12.3. The van der Waals surface area contributed by atoms with Crippen LogP contribution in [0.3, 0.4) is 0 Å². The van der Waals surface area contributed by atoms with Crippen molar-refractivity contribution in [1.29, 1.82) is 0 Å². The number of benzene rings is 1. The number of ether oxygens (including phenoxy) is 3. The molecule has 1 heterocycles. The van der Waals surface area contributed by atoms with Crippen LogP contribution in [-0.2, 0) is 9.47 Å². The van der Waals surface area contributed by atoms with Crippen LogP contribution in [0.25, 0.3) is 0 Å². The zero-order valence-electron chi connectivity index (χ0n) is 17.4. The number of hydrogen-bond donors (Lipinski definition) is 3. The van der Waals surface area contributed by atoms with Crippen LogP contribution in [0.15, 0.2) is 0 Å². The van der Waals surface area contributed by atoms with E-state index in [1.54, 1.807) is 13.8 Å². The van der Waals surface area contributed by atoms with Crippen LogP contribution < -0.4 is 21.1 Å². The fourth-order valence-electron chi connectivity index (χ4n) is 2.21. The van der Waals surface area contributed by atoms with Gasteiger partial charge in [-0.25, -0.2) is 13.2 Å². The molecule has 0 saturated heterocycles. The molecule has 1 aromatic carbocycles. The Bertz CT molecular complexity index is 877. The predicted octanol–water partition coefficient (Wildman–Crippen LogP) is 2.58. The zero-order valence-corrected chi connectivity index (χ0v) is 17.4. The molecule has 0 unspecified atom stereocenters. The summed E-state index contributed by atoms with van der Waals surface area (Å²) in [5, 5.41) is 5.61.